The molecule has 1 heterocycles. The standard InChI is InChI=1S/C18H19N3/c1-21-14-13-20-18(21)11-12-19-17-9-7-16(8-10-17)15-5-3-2-4-6-15/h2-10,13-14,19H,11-12H2,1H3. The molecule has 0 unspecified atom stereocenters. The van der Waals surface area contributed by atoms with E-state index in [9.17, 15) is 0 Å². The highest BCUT2D eigenvalue weighted by molar-refractivity contribution is 5.65. The quantitative estimate of drug-likeness (QED) is 0.770. The number of hydrogen-bond donors (Lipinski definition) is 1. The minimum Gasteiger partial charge on any atom is -0.385 e. The molecule has 106 valence electrons. The third kappa shape index (κ3) is 3.31. The van der Waals surface area contributed by atoms with E-state index in [0.717, 1.165) is 24.5 Å². The van der Waals surface area contributed by atoms with E-state index in [1.54, 1.807) is 0 Å². The number of rotatable bonds is 5. The SMILES string of the molecule is Cn1ccnc1CCNc1ccc(-c2ccccc2)cc1. The molecule has 0 aliphatic rings. The normalized spacial score (nSPS) is 10.5. The molecule has 0 spiro atoms. The van der Waals surface area contributed by atoms with Gasteiger partial charge in [0.2, 0.25) is 0 Å². The van der Waals surface area contributed by atoms with Crippen LogP contribution in [-0.4, -0.2) is 16.1 Å². The first-order valence-electron chi connectivity index (χ1n) is 7.18. The average molecular weight is 277 g/mol. The van der Waals surface area contributed by atoms with Gasteiger partial charge in [-0.1, -0.05) is 42.5 Å². The van der Waals surface area contributed by atoms with Gasteiger partial charge in [0.1, 0.15) is 5.82 Å². The Morgan fingerprint density at radius 2 is 1.67 bits per heavy atom. The molecular formula is C18H19N3. The van der Waals surface area contributed by atoms with Crippen LogP contribution in [0.5, 0.6) is 0 Å². The van der Waals surface area contributed by atoms with Crippen LogP contribution in [0, 0.1) is 0 Å². The third-order valence-corrected chi connectivity index (χ3v) is 3.59. The van der Waals surface area contributed by atoms with Crippen LogP contribution >= 0.6 is 0 Å². The highest BCUT2D eigenvalue weighted by atomic mass is 15.0. The molecule has 0 atom stereocenters. The largest absolute Gasteiger partial charge is 0.385 e. The van der Waals surface area contributed by atoms with Crippen LogP contribution in [0.4, 0.5) is 5.69 Å². The van der Waals surface area contributed by atoms with Crippen LogP contribution in [0.3, 0.4) is 0 Å². The molecule has 0 saturated heterocycles. The van der Waals surface area contributed by atoms with Gasteiger partial charge in [-0.3, -0.25) is 0 Å². The molecule has 0 amide bonds. The Bertz CT molecular complexity index is 684. The summed E-state index contributed by atoms with van der Waals surface area (Å²) in [6, 6.07) is 19.0. The van der Waals surface area contributed by atoms with Gasteiger partial charge in [0.05, 0.1) is 0 Å². The van der Waals surface area contributed by atoms with E-state index in [1.807, 2.05) is 25.5 Å². The third-order valence-electron chi connectivity index (χ3n) is 3.59. The van der Waals surface area contributed by atoms with Gasteiger partial charge in [-0.15, -0.1) is 0 Å². The van der Waals surface area contributed by atoms with Gasteiger partial charge in [0.15, 0.2) is 0 Å². The van der Waals surface area contributed by atoms with Crippen molar-refractivity contribution < 1.29 is 0 Å². The molecule has 21 heavy (non-hydrogen) atoms. The first kappa shape index (κ1) is 13.4. The van der Waals surface area contributed by atoms with Crippen LogP contribution in [-0.2, 0) is 13.5 Å². The van der Waals surface area contributed by atoms with Crippen molar-refractivity contribution in [3.63, 3.8) is 0 Å². The van der Waals surface area contributed by atoms with Crippen LogP contribution in [0.2, 0.25) is 0 Å². The monoisotopic (exact) mass is 277 g/mol. The van der Waals surface area contributed by atoms with Gasteiger partial charge < -0.3 is 9.88 Å². The lowest BCUT2D eigenvalue weighted by Crippen LogP contribution is -2.08. The van der Waals surface area contributed by atoms with Crippen LogP contribution < -0.4 is 5.32 Å². The second kappa shape index (κ2) is 6.27. The molecular weight excluding hydrogens is 258 g/mol. The summed E-state index contributed by atoms with van der Waals surface area (Å²) < 4.78 is 2.06. The lowest BCUT2D eigenvalue weighted by molar-refractivity contribution is 0.790. The van der Waals surface area contributed by atoms with E-state index in [-0.39, 0.29) is 0 Å². The van der Waals surface area contributed by atoms with Crippen molar-refractivity contribution >= 4 is 5.69 Å². The van der Waals surface area contributed by atoms with E-state index < -0.39 is 0 Å². The Labute approximate surface area is 125 Å². The molecule has 3 heteroatoms. The minimum atomic E-state index is 0.884. The fraction of sp³-hybridized carbons (Fsp3) is 0.167. The zero-order valence-electron chi connectivity index (χ0n) is 12.2. The molecule has 3 nitrogen and oxygen atoms in total. The topological polar surface area (TPSA) is 29.9 Å². The molecule has 1 aromatic heterocycles. The fourth-order valence-electron chi connectivity index (χ4n) is 2.37. The van der Waals surface area contributed by atoms with Gasteiger partial charge in [0.25, 0.3) is 0 Å². The summed E-state index contributed by atoms with van der Waals surface area (Å²) in [6.45, 7) is 0.884. The first-order chi connectivity index (χ1) is 10.3. The predicted molar refractivity (Wildman–Crippen MR) is 87.3 cm³/mol. The highest BCUT2D eigenvalue weighted by Gasteiger charge is 2.00. The average Bonchev–Trinajstić information content (AvgIpc) is 2.94. The zero-order chi connectivity index (χ0) is 14.5. The summed E-state index contributed by atoms with van der Waals surface area (Å²) in [5.41, 5.74) is 3.63. The van der Waals surface area contributed by atoms with E-state index in [0.29, 0.717) is 0 Å². The lowest BCUT2D eigenvalue weighted by atomic mass is 10.1. The molecule has 1 N–H and O–H groups in total. The number of nitrogens with one attached hydrogen (secondary N) is 1. The van der Waals surface area contributed by atoms with Gasteiger partial charge in [-0.25, -0.2) is 4.98 Å². The van der Waals surface area contributed by atoms with Crippen molar-refractivity contribution in [2.45, 2.75) is 6.42 Å². The van der Waals surface area contributed by atoms with E-state index in [2.05, 4.69) is 63.4 Å². The minimum absolute atomic E-state index is 0.884. The van der Waals surface area contributed by atoms with E-state index in [4.69, 9.17) is 0 Å². The Morgan fingerprint density at radius 3 is 2.33 bits per heavy atom. The van der Waals surface area contributed by atoms with Gasteiger partial charge >= 0.3 is 0 Å². The lowest BCUT2D eigenvalue weighted by Gasteiger charge is -2.08. The zero-order valence-corrected chi connectivity index (χ0v) is 12.2. The number of nitrogens with zero attached hydrogens (tertiary/aromatic N) is 2. The predicted octanol–water partition coefficient (Wildman–Crippen LogP) is 3.74. The molecule has 0 radical (unpaired) electrons. The van der Waals surface area contributed by atoms with Crippen molar-refractivity contribution in [1.29, 1.82) is 0 Å². The first-order valence-corrected chi connectivity index (χ1v) is 7.18. The molecule has 0 bridgehead atoms. The Balaban J connectivity index is 1.59. The van der Waals surface area contributed by atoms with Crippen molar-refractivity contribution in [3.8, 4) is 11.1 Å². The number of anilines is 1. The second-order valence-corrected chi connectivity index (χ2v) is 5.07. The molecule has 3 aromatic rings. The molecule has 0 fully saturated rings. The summed E-state index contributed by atoms with van der Waals surface area (Å²) in [5.74, 6) is 1.10. The van der Waals surface area contributed by atoms with Gasteiger partial charge in [-0.2, -0.15) is 0 Å². The molecule has 2 aromatic carbocycles. The van der Waals surface area contributed by atoms with Crippen LogP contribution in [0.25, 0.3) is 11.1 Å². The molecule has 0 aliphatic carbocycles. The van der Waals surface area contributed by atoms with Gasteiger partial charge in [0, 0.05) is 38.1 Å². The Hall–Kier alpha value is -2.55. The summed E-state index contributed by atoms with van der Waals surface area (Å²) in [4.78, 5) is 4.32. The Morgan fingerprint density at radius 1 is 0.952 bits per heavy atom. The smallest absolute Gasteiger partial charge is 0.110 e. The summed E-state index contributed by atoms with van der Waals surface area (Å²) >= 11 is 0. The maximum Gasteiger partial charge on any atom is 0.110 e. The summed E-state index contributed by atoms with van der Waals surface area (Å²) in [7, 11) is 2.02. The number of aryl methyl sites for hydroxylation is 1. The number of aromatic nitrogens is 2. The van der Waals surface area contributed by atoms with Crippen molar-refractivity contribution in [1.82, 2.24) is 9.55 Å². The molecule has 3 rings (SSSR count). The number of benzene rings is 2. The number of hydrogen-bond acceptors (Lipinski definition) is 2. The fourth-order valence-corrected chi connectivity index (χ4v) is 2.37. The number of imidazole rings is 1. The maximum atomic E-state index is 4.32. The van der Waals surface area contributed by atoms with Crippen molar-refractivity contribution in [2.24, 2.45) is 7.05 Å². The van der Waals surface area contributed by atoms with Crippen LogP contribution in [0.1, 0.15) is 5.82 Å². The summed E-state index contributed by atoms with van der Waals surface area (Å²) in [6.07, 6.45) is 4.73. The Kier molecular flexibility index (Phi) is 4.01. The van der Waals surface area contributed by atoms with Gasteiger partial charge in [-0.05, 0) is 23.3 Å². The maximum absolute atomic E-state index is 4.32. The summed E-state index contributed by atoms with van der Waals surface area (Å²) in [5, 5.41) is 3.44. The highest BCUT2D eigenvalue weighted by Crippen LogP contribution is 2.20. The molecule has 0 saturated carbocycles. The van der Waals surface area contributed by atoms with E-state index in [1.165, 1.54) is 11.1 Å². The van der Waals surface area contributed by atoms with Crippen LogP contribution in [0.15, 0.2) is 67.0 Å². The van der Waals surface area contributed by atoms with E-state index >= 15 is 0 Å². The van der Waals surface area contributed by atoms with Crippen molar-refractivity contribution in [3.05, 3.63) is 72.8 Å². The van der Waals surface area contributed by atoms with Crippen molar-refractivity contribution in [2.75, 3.05) is 11.9 Å². The molecule has 0 aliphatic heterocycles. The second-order valence-electron chi connectivity index (χ2n) is 5.07.